The van der Waals surface area contributed by atoms with Gasteiger partial charge in [-0.05, 0) is 83.0 Å². The first kappa shape index (κ1) is 36.5. The predicted octanol–water partition coefficient (Wildman–Crippen LogP) is 6.35. The van der Waals surface area contributed by atoms with Crippen LogP contribution in [0.4, 0.5) is 9.59 Å². The summed E-state index contributed by atoms with van der Waals surface area (Å²) in [6.45, 7) is 3.74. The van der Waals surface area contributed by atoms with E-state index in [4.69, 9.17) is 9.72 Å². The van der Waals surface area contributed by atoms with Gasteiger partial charge < -0.3 is 39.9 Å². The fourth-order valence-electron chi connectivity index (χ4n) is 8.99. The number of aromatic amines is 2. The highest BCUT2D eigenvalue weighted by Crippen LogP contribution is 2.54. The Kier molecular flexibility index (Phi) is 9.21. The third-order valence-electron chi connectivity index (χ3n) is 12.2. The summed E-state index contributed by atoms with van der Waals surface area (Å²) in [4.78, 5) is 70.6. The van der Waals surface area contributed by atoms with Crippen LogP contribution in [-0.2, 0) is 19.1 Å². The summed E-state index contributed by atoms with van der Waals surface area (Å²) in [7, 11) is 2.58. The first-order valence-corrected chi connectivity index (χ1v) is 19.6. The minimum atomic E-state index is -0.676. The first-order chi connectivity index (χ1) is 27.6. The molecule has 0 bridgehead atoms. The zero-order valence-corrected chi connectivity index (χ0v) is 32.3. The first-order valence-electron chi connectivity index (χ1n) is 19.6. The molecule has 0 radical (unpaired) electrons. The number of aromatic nitrogens is 4. The molecule has 2 saturated carbocycles. The van der Waals surface area contributed by atoms with Crippen LogP contribution in [0.15, 0.2) is 73.1 Å². The van der Waals surface area contributed by atoms with Crippen LogP contribution < -0.4 is 10.6 Å². The van der Waals surface area contributed by atoms with E-state index in [0.29, 0.717) is 11.8 Å². The van der Waals surface area contributed by atoms with E-state index in [0.717, 1.165) is 81.7 Å². The number of benzene rings is 3. The number of nitrogens with zero attached hydrogens (tertiary/aromatic N) is 4. The summed E-state index contributed by atoms with van der Waals surface area (Å²) < 4.78 is 9.42. The number of hydrogen-bond acceptors (Lipinski definition) is 8. The van der Waals surface area contributed by atoms with Crippen molar-refractivity contribution in [3.8, 4) is 33.6 Å². The Morgan fingerprint density at radius 1 is 0.702 bits per heavy atom. The van der Waals surface area contributed by atoms with Gasteiger partial charge in [0.1, 0.15) is 24.2 Å². The lowest BCUT2D eigenvalue weighted by molar-refractivity contribution is -0.136. The monoisotopic (exact) mass is 770 g/mol. The van der Waals surface area contributed by atoms with E-state index < -0.39 is 18.2 Å². The molecule has 4 amide bonds. The summed E-state index contributed by atoms with van der Waals surface area (Å²) in [5, 5.41) is 7.45. The molecule has 2 aromatic heterocycles. The average molecular weight is 771 g/mol. The van der Waals surface area contributed by atoms with Gasteiger partial charge in [-0.1, -0.05) is 62.4 Å². The molecule has 7 atom stereocenters. The third kappa shape index (κ3) is 6.87. The lowest BCUT2D eigenvalue weighted by Crippen LogP contribution is -2.52. The molecule has 14 heteroatoms. The Morgan fingerprint density at radius 3 is 1.84 bits per heavy atom. The van der Waals surface area contributed by atoms with Crippen LogP contribution in [-0.4, -0.2) is 92.6 Å². The highest BCUT2D eigenvalue weighted by atomic mass is 16.5. The van der Waals surface area contributed by atoms with Crippen LogP contribution in [0, 0.1) is 17.8 Å². The minimum absolute atomic E-state index is 0.0965. The van der Waals surface area contributed by atoms with Crippen molar-refractivity contribution in [2.24, 2.45) is 17.8 Å². The van der Waals surface area contributed by atoms with Crippen LogP contribution >= 0.6 is 0 Å². The van der Waals surface area contributed by atoms with E-state index in [1.165, 1.54) is 14.2 Å². The SMILES string of the molecule is COC(=O)NCC(=O)N1[C@H](c2ncc(-c3ccc(-c4ccc5cc(-c6cnc([C@@H]7C[C@@H]8C[C@@H]8N7C(=O)[C@@H](NC(=O)OC)C(C)C)[nH]6)ccc5c4)cc3)[nH]2)C[C@@H]2C[C@@H]21. The van der Waals surface area contributed by atoms with E-state index in [-0.39, 0.29) is 48.4 Å². The highest BCUT2D eigenvalue weighted by Gasteiger charge is 2.57. The second kappa shape index (κ2) is 14.4. The smallest absolute Gasteiger partial charge is 0.407 e. The summed E-state index contributed by atoms with van der Waals surface area (Å²) in [6.07, 6.45) is 6.09. The standard InChI is InChI=1S/C43H46N8O6/c1-22(2)38(49-43(55)57-4)41(53)51-34-16-30(34)18-36(51)40-45-20-32(48-40)28-12-11-26-13-25(9-10-27(26)14-28)23-5-7-24(8-6-23)31-19-44-39(47-31)35-17-29-15-33(29)50(35)37(52)21-46-42(54)56-3/h5-14,19-20,22,29-30,33-36,38H,15-18,21H2,1-4H3,(H,44,47)(H,45,48)(H,46,54)(H,49,55)/t29-,30-,33-,34-,35-,36-,38-/m0/s1. The second-order valence-electron chi connectivity index (χ2n) is 16.1. The maximum Gasteiger partial charge on any atom is 0.407 e. The molecule has 0 spiro atoms. The normalized spacial score (nSPS) is 23.5. The molecular weight excluding hydrogens is 725 g/mol. The second-order valence-corrected chi connectivity index (χ2v) is 16.1. The quantitative estimate of drug-likeness (QED) is 0.127. The number of carbonyl (C=O) groups is 4. The lowest BCUT2D eigenvalue weighted by Gasteiger charge is -2.31. The highest BCUT2D eigenvalue weighted by molar-refractivity contribution is 5.91. The zero-order chi connectivity index (χ0) is 39.5. The van der Waals surface area contributed by atoms with Gasteiger partial charge in [0.05, 0.1) is 50.1 Å². The largest absolute Gasteiger partial charge is 0.453 e. The van der Waals surface area contributed by atoms with Gasteiger partial charge in [0.25, 0.3) is 0 Å². The number of imidazole rings is 2. The average Bonchev–Trinajstić information content (AvgIpc) is 3.81. The Balaban J connectivity index is 0.875. The van der Waals surface area contributed by atoms with Gasteiger partial charge in [-0.2, -0.15) is 0 Å². The number of H-pyrrole nitrogens is 2. The van der Waals surface area contributed by atoms with Gasteiger partial charge in [-0.25, -0.2) is 19.6 Å². The van der Waals surface area contributed by atoms with Gasteiger partial charge in [-0.3, -0.25) is 9.59 Å². The van der Waals surface area contributed by atoms with Gasteiger partial charge >= 0.3 is 12.2 Å². The molecule has 4 N–H and O–H groups in total. The summed E-state index contributed by atoms with van der Waals surface area (Å²) in [5.74, 6) is 2.10. The number of hydrogen-bond donors (Lipinski definition) is 4. The number of ether oxygens (including phenoxy) is 2. The molecule has 3 aromatic carbocycles. The number of methoxy groups -OCH3 is 2. The molecule has 2 aliphatic heterocycles. The Bertz CT molecular complexity index is 2370. The molecule has 14 nitrogen and oxygen atoms in total. The molecule has 2 aliphatic carbocycles. The van der Waals surface area contributed by atoms with Crippen molar-refractivity contribution in [2.75, 3.05) is 20.8 Å². The fourth-order valence-corrected chi connectivity index (χ4v) is 8.99. The Hall–Kier alpha value is -6.18. The van der Waals surface area contributed by atoms with Crippen LogP contribution in [0.1, 0.15) is 63.3 Å². The summed E-state index contributed by atoms with van der Waals surface area (Å²) >= 11 is 0. The Labute approximate surface area is 329 Å². The molecule has 4 aliphatic rings. The Morgan fingerprint density at radius 2 is 1.23 bits per heavy atom. The maximum atomic E-state index is 13.8. The number of likely N-dealkylation sites (tertiary alicyclic amines) is 2. The number of rotatable bonds is 10. The molecule has 4 fully saturated rings. The zero-order valence-electron chi connectivity index (χ0n) is 32.3. The lowest BCUT2D eigenvalue weighted by atomic mass is 9.98. The molecule has 5 aromatic rings. The number of piperidine rings is 2. The van der Waals surface area contributed by atoms with E-state index in [2.05, 4.69) is 91.0 Å². The van der Waals surface area contributed by atoms with Crippen molar-refractivity contribution in [1.29, 1.82) is 0 Å². The van der Waals surface area contributed by atoms with E-state index in [1.54, 1.807) is 0 Å². The maximum absolute atomic E-state index is 13.8. The van der Waals surface area contributed by atoms with Crippen molar-refractivity contribution in [3.63, 3.8) is 0 Å². The molecule has 57 heavy (non-hydrogen) atoms. The van der Waals surface area contributed by atoms with Crippen molar-refractivity contribution >= 4 is 34.8 Å². The minimum Gasteiger partial charge on any atom is -0.453 e. The number of amides is 4. The van der Waals surface area contributed by atoms with Crippen LogP contribution in [0.25, 0.3) is 44.4 Å². The predicted molar refractivity (Wildman–Crippen MR) is 211 cm³/mol. The van der Waals surface area contributed by atoms with Crippen LogP contribution in [0.5, 0.6) is 0 Å². The third-order valence-corrected chi connectivity index (χ3v) is 12.2. The van der Waals surface area contributed by atoms with E-state index >= 15 is 0 Å². The van der Waals surface area contributed by atoms with E-state index in [1.807, 2.05) is 36.0 Å². The molecule has 0 unspecified atom stereocenters. The van der Waals surface area contributed by atoms with Crippen molar-refractivity contribution in [2.45, 2.75) is 69.7 Å². The molecule has 294 valence electrons. The van der Waals surface area contributed by atoms with Gasteiger partial charge in [0, 0.05) is 17.6 Å². The van der Waals surface area contributed by atoms with Gasteiger partial charge in [0.15, 0.2) is 0 Å². The number of nitrogens with one attached hydrogen (secondary N) is 4. The van der Waals surface area contributed by atoms with Crippen LogP contribution in [0.3, 0.4) is 0 Å². The fraction of sp³-hybridized carbons (Fsp3) is 0.395. The number of carbonyl (C=O) groups excluding carboxylic acids is 4. The molecule has 4 heterocycles. The topological polar surface area (TPSA) is 175 Å². The molecular formula is C43H46N8O6. The van der Waals surface area contributed by atoms with Crippen molar-refractivity contribution < 1.29 is 28.7 Å². The molecule has 9 rings (SSSR count). The summed E-state index contributed by atoms with van der Waals surface area (Å²) in [5.41, 5.74) is 5.95. The van der Waals surface area contributed by atoms with Gasteiger partial charge in [0.2, 0.25) is 11.8 Å². The van der Waals surface area contributed by atoms with Gasteiger partial charge in [-0.15, -0.1) is 0 Å². The van der Waals surface area contributed by atoms with Crippen molar-refractivity contribution in [3.05, 3.63) is 84.7 Å². The molecule has 2 saturated heterocycles. The number of fused-ring (bicyclic) bond motifs is 3. The van der Waals surface area contributed by atoms with Crippen molar-refractivity contribution in [1.82, 2.24) is 40.4 Å². The van der Waals surface area contributed by atoms with Crippen LogP contribution in [0.2, 0.25) is 0 Å². The summed E-state index contributed by atoms with van der Waals surface area (Å²) in [6, 6.07) is 20.5. The van der Waals surface area contributed by atoms with E-state index in [9.17, 15) is 19.2 Å². The number of alkyl carbamates (subject to hydrolysis) is 2.